The molecule has 0 spiro atoms. The molecule has 1 rings (SSSR count). The molecule has 1 aromatic rings. The lowest BCUT2D eigenvalue weighted by Gasteiger charge is -2.13. The van der Waals surface area contributed by atoms with Gasteiger partial charge in [0.05, 0.1) is 13.2 Å². The fraction of sp³-hybridized carbons (Fsp3) is 0.542. The van der Waals surface area contributed by atoms with Crippen LogP contribution >= 0.6 is 0 Å². The van der Waals surface area contributed by atoms with Gasteiger partial charge >= 0.3 is 6.09 Å². The van der Waals surface area contributed by atoms with Gasteiger partial charge in [-0.2, -0.15) is 0 Å². The molecule has 1 aromatic carbocycles. The fourth-order valence-electron chi connectivity index (χ4n) is 2.76. The van der Waals surface area contributed by atoms with Crippen molar-refractivity contribution in [3.05, 3.63) is 35.9 Å². The molecule has 0 bridgehead atoms. The van der Waals surface area contributed by atoms with Crippen molar-refractivity contribution in [2.45, 2.75) is 59.0 Å². The molecule has 0 saturated heterocycles. The molecule has 0 aliphatic heterocycles. The summed E-state index contributed by atoms with van der Waals surface area (Å²) in [4.78, 5) is 35.4. The average Bonchev–Trinajstić information content (AvgIpc) is 2.77. The first-order valence-electron chi connectivity index (χ1n) is 11.3. The number of hydrogen-bond acceptors (Lipinski definition) is 6. The summed E-state index contributed by atoms with van der Waals surface area (Å²) in [7, 11) is 1.47. The van der Waals surface area contributed by atoms with Crippen LogP contribution in [0.1, 0.15) is 52.0 Å². The Labute approximate surface area is 196 Å². The van der Waals surface area contributed by atoms with Gasteiger partial charge < -0.3 is 31.2 Å². The number of allylic oxidation sites excluding steroid dienone is 2. The molecule has 3 amide bonds. The number of unbranched alkanes of at least 4 members (excludes halogenated alkanes) is 2. The fourth-order valence-corrected chi connectivity index (χ4v) is 2.76. The van der Waals surface area contributed by atoms with Crippen molar-refractivity contribution in [2.24, 2.45) is 11.7 Å². The third-order valence-corrected chi connectivity index (χ3v) is 4.57. The van der Waals surface area contributed by atoms with Crippen LogP contribution in [0.3, 0.4) is 0 Å². The monoisotopic (exact) mass is 462 g/mol. The minimum absolute atomic E-state index is 0.00219. The number of amides is 3. The molecule has 5 N–H and O–H groups in total. The molecule has 0 saturated carbocycles. The Morgan fingerprint density at radius 1 is 1.03 bits per heavy atom. The van der Waals surface area contributed by atoms with Crippen LogP contribution in [0.25, 0.3) is 0 Å². The summed E-state index contributed by atoms with van der Waals surface area (Å²) in [6.07, 6.45) is 6.96. The zero-order valence-corrected chi connectivity index (χ0v) is 20.1. The highest BCUT2D eigenvalue weighted by Crippen LogP contribution is 2.28. The molecule has 0 radical (unpaired) electrons. The first-order chi connectivity index (χ1) is 15.7. The number of benzene rings is 1. The predicted molar refractivity (Wildman–Crippen MR) is 128 cm³/mol. The molecule has 9 heteroatoms. The van der Waals surface area contributed by atoms with E-state index in [-0.39, 0.29) is 30.7 Å². The Morgan fingerprint density at radius 2 is 1.76 bits per heavy atom. The highest BCUT2D eigenvalue weighted by molar-refractivity contribution is 5.81. The Balaban J connectivity index is 2.39. The van der Waals surface area contributed by atoms with Crippen molar-refractivity contribution in [3.8, 4) is 11.5 Å². The highest BCUT2D eigenvalue weighted by atomic mass is 16.6. The first-order valence-corrected chi connectivity index (χ1v) is 11.3. The van der Waals surface area contributed by atoms with E-state index in [0.29, 0.717) is 24.6 Å². The molecular weight excluding hydrogens is 424 g/mol. The van der Waals surface area contributed by atoms with E-state index >= 15 is 0 Å². The van der Waals surface area contributed by atoms with E-state index in [2.05, 4.69) is 41.9 Å². The largest absolute Gasteiger partial charge is 0.493 e. The van der Waals surface area contributed by atoms with Crippen molar-refractivity contribution < 1.29 is 23.9 Å². The first kappa shape index (κ1) is 28.0. The molecule has 0 unspecified atom stereocenters. The van der Waals surface area contributed by atoms with Gasteiger partial charge in [-0.25, -0.2) is 4.79 Å². The van der Waals surface area contributed by atoms with E-state index < -0.39 is 12.1 Å². The molecule has 0 aromatic heterocycles. The molecule has 1 atom stereocenters. The molecule has 9 nitrogen and oxygen atoms in total. The molecule has 0 fully saturated rings. The average molecular weight is 463 g/mol. The molecule has 184 valence electrons. The number of carbonyl (C=O) groups is 3. The molecular formula is C24H38N4O5. The lowest BCUT2D eigenvalue weighted by atomic mass is 10.1. The third-order valence-electron chi connectivity index (χ3n) is 4.57. The minimum Gasteiger partial charge on any atom is -0.493 e. The summed E-state index contributed by atoms with van der Waals surface area (Å²) >= 11 is 0. The van der Waals surface area contributed by atoms with Crippen LogP contribution in [0.15, 0.2) is 30.4 Å². The van der Waals surface area contributed by atoms with Gasteiger partial charge in [0.25, 0.3) is 0 Å². The lowest BCUT2D eigenvalue weighted by molar-refractivity contribution is -0.122. The van der Waals surface area contributed by atoms with Crippen molar-refractivity contribution in [2.75, 3.05) is 20.2 Å². The van der Waals surface area contributed by atoms with Crippen LogP contribution in [0.2, 0.25) is 0 Å². The summed E-state index contributed by atoms with van der Waals surface area (Å²) in [6.45, 7) is 6.64. The van der Waals surface area contributed by atoms with Crippen molar-refractivity contribution >= 4 is 17.9 Å². The van der Waals surface area contributed by atoms with Crippen LogP contribution in [-0.2, 0) is 16.1 Å². The van der Waals surface area contributed by atoms with E-state index in [1.165, 1.54) is 7.11 Å². The second-order valence-electron chi connectivity index (χ2n) is 8.08. The van der Waals surface area contributed by atoms with Crippen LogP contribution in [0, 0.1) is 5.92 Å². The predicted octanol–water partition coefficient (Wildman–Crippen LogP) is 2.64. The third kappa shape index (κ3) is 12.5. The maximum atomic E-state index is 12.1. The quantitative estimate of drug-likeness (QED) is 0.248. The maximum absolute atomic E-state index is 12.1. The zero-order valence-electron chi connectivity index (χ0n) is 20.1. The number of rotatable bonds is 14. The summed E-state index contributed by atoms with van der Waals surface area (Å²) in [5.74, 6) is 0.875. The standard InChI is InChI=1S/C24H38N4O5/c1-17(2)9-7-5-6-8-10-22(29)28-16-19-11-12-20(21(15-19)32-4)33-24(31)27-14-13-26-23(30)18(3)25/h7,9,11-12,15,17-18H,5-6,8,10,13-14,16,25H2,1-4H3,(H,26,30)(H,27,31)(H,28,29)/b9-7+/t18-/m0/s1. The molecule has 33 heavy (non-hydrogen) atoms. The Hall–Kier alpha value is -3.07. The van der Waals surface area contributed by atoms with Crippen LogP contribution in [0.4, 0.5) is 4.79 Å². The van der Waals surface area contributed by atoms with Gasteiger partial charge in [0.15, 0.2) is 11.5 Å². The Bertz CT molecular complexity index is 793. The van der Waals surface area contributed by atoms with Gasteiger partial charge in [0.2, 0.25) is 11.8 Å². The van der Waals surface area contributed by atoms with Gasteiger partial charge in [-0.3, -0.25) is 9.59 Å². The Morgan fingerprint density at radius 3 is 2.42 bits per heavy atom. The zero-order chi connectivity index (χ0) is 24.6. The van der Waals surface area contributed by atoms with Gasteiger partial charge in [-0.15, -0.1) is 0 Å². The van der Waals surface area contributed by atoms with Crippen molar-refractivity contribution in [1.29, 1.82) is 0 Å². The maximum Gasteiger partial charge on any atom is 0.412 e. The SMILES string of the molecule is COc1cc(CNC(=O)CCCC/C=C/C(C)C)ccc1OC(=O)NCCNC(=O)[C@H](C)N. The van der Waals surface area contributed by atoms with Crippen molar-refractivity contribution in [3.63, 3.8) is 0 Å². The van der Waals surface area contributed by atoms with E-state index in [1.54, 1.807) is 25.1 Å². The van der Waals surface area contributed by atoms with E-state index in [1.807, 2.05) is 0 Å². The Kier molecular flexibility index (Phi) is 13.3. The second-order valence-corrected chi connectivity index (χ2v) is 8.08. The second kappa shape index (κ2) is 15.7. The highest BCUT2D eigenvalue weighted by Gasteiger charge is 2.12. The number of hydrogen-bond donors (Lipinski definition) is 4. The minimum atomic E-state index is -0.673. The van der Waals surface area contributed by atoms with E-state index in [9.17, 15) is 14.4 Å². The van der Waals surface area contributed by atoms with Crippen molar-refractivity contribution in [1.82, 2.24) is 16.0 Å². The van der Waals surface area contributed by atoms with Gasteiger partial charge in [0.1, 0.15) is 0 Å². The summed E-state index contributed by atoms with van der Waals surface area (Å²) < 4.78 is 10.6. The molecule has 0 heterocycles. The van der Waals surface area contributed by atoms with E-state index in [4.69, 9.17) is 15.2 Å². The number of nitrogens with one attached hydrogen (secondary N) is 3. The summed E-state index contributed by atoms with van der Waals surface area (Å²) in [5, 5.41) is 8.01. The van der Waals surface area contributed by atoms with Crippen LogP contribution in [0.5, 0.6) is 11.5 Å². The number of carbonyl (C=O) groups excluding carboxylic acids is 3. The molecule has 0 aliphatic rings. The molecule has 0 aliphatic carbocycles. The number of methoxy groups -OCH3 is 1. The lowest BCUT2D eigenvalue weighted by Crippen LogP contribution is -2.42. The van der Waals surface area contributed by atoms with E-state index in [0.717, 1.165) is 24.8 Å². The van der Waals surface area contributed by atoms with Crippen LogP contribution < -0.4 is 31.2 Å². The summed E-state index contributed by atoms with van der Waals surface area (Å²) in [6, 6.07) is 4.47. The summed E-state index contributed by atoms with van der Waals surface area (Å²) in [5.41, 5.74) is 6.27. The number of nitrogens with two attached hydrogens (primary N) is 1. The van der Waals surface area contributed by atoms with Gasteiger partial charge in [0, 0.05) is 26.1 Å². The smallest absolute Gasteiger partial charge is 0.412 e. The van der Waals surface area contributed by atoms with Crippen LogP contribution in [-0.4, -0.2) is 44.1 Å². The topological polar surface area (TPSA) is 132 Å². The van der Waals surface area contributed by atoms with Gasteiger partial charge in [-0.05, 0) is 49.8 Å². The normalized spacial score (nSPS) is 11.8. The van der Waals surface area contributed by atoms with Gasteiger partial charge in [-0.1, -0.05) is 32.1 Å². The number of ether oxygens (including phenoxy) is 2.